The minimum absolute atomic E-state index is 0.0897. The van der Waals surface area contributed by atoms with Gasteiger partial charge >= 0.3 is 6.18 Å². The zero-order chi connectivity index (χ0) is 15.6. The molecule has 0 amide bonds. The summed E-state index contributed by atoms with van der Waals surface area (Å²) in [5, 5.41) is 2.74. The molecule has 0 saturated carbocycles. The van der Waals surface area contributed by atoms with Crippen molar-refractivity contribution in [2.45, 2.75) is 54.1 Å². The third-order valence-electron chi connectivity index (χ3n) is 2.17. The van der Waals surface area contributed by atoms with Crippen molar-refractivity contribution in [1.82, 2.24) is 4.98 Å². The summed E-state index contributed by atoms with van der Waals surface area (Å²) in [6.07, 6.45) is -4.06. The second-order valence-electron chi connectivity index (χ2n) is 3.25. The SMILES string of the molecule is CC.CC.CCc1nc(NC)cc(C)c1C(F)(F)F. The van der Waals surface area contributed by atoms with Crippen molar-refractivity contribution < 1.29 is 13.2 Å². The highest BCUT2D eigenvalue weighted by molar-refractivity contribution is 5.44. The second-order valence-corrected chi connectivity index (χ2v) is 3.25. The average Bonchev–Trinajstić information content (AvgIpc) is 2.40. The summed E-state index contributed by atoms with van der Waals surface area (Å²) < 4.78 is 38.0. The fourth-order valence-electron chi connectivity index (χ4n) is 1.51. The molecule has 0 unspecified atom stereocenters. The Bertz CT molecular complexity index is 360. The summed E-state index contributed by atoms with van der Waals surface area (Å²) >= 11 is 0. The molecule has 0 atom stereocenters. The standard InChI is InChI=1S/C10H13F3N2.2C2H6/c1-4-7-9(10(11,12)13)6(2)5-8(14-3)15-7;2*1-2/h5H,4H2,1-3H3,(H,14,15);2*1-2H3. The first-order valence-electron chi connectivity index (χ1n) is 6.65. The normalized spacial score (nSPS) is 9.79. The topological polar surface area (TPSA) is 24.9 Å². The van der Waals surface area contributed by atoms with E-state index in [9.17, 15) is 13.2 Å². The highest BCUT2D eigenvalue weighted by Gasteiger charge is 2.35. The van der Waals surface area contributed by atoms with Crippen molar-refractivity contribution in [3.63, 3.8) is 0 Å². The first-order chi connectivity index (χ1) is 8.90. The number of rotatable bonds is 2. The smallest absolute Gasteiger partial charge is 0.373 e. The van der Waals surface area contributed by atoms with Gasteiger partial charge in [0.1, 0.15) is 5.82 Å². The van der Waals surface area contributed by atoms with Crippen molar-refractivity contribution >= 4 is 5.82 Å². The number of pyridine rings is 1. The molecule has 1 rings (SSSR count). The van der Waals surface area contributed by atoms with Crippen LogP contribution in [0.15, 0.2) is 6.07 Å². The number of nitrogens with one attached hydrogen (secondary N) is 1. The van der Waals surface area contributed by atoms with Gasteiger partial charge in [0.25, 0.3) is 0 Å². The molecule has 0 aliphatic carbocycles. The Morgan fingerprint density at radius 1 is 1.16 bits per heavy atom. The molecule has 112 valence electrons. The Kier molecular flexibility index (Phi) is 10.2. The maximum Gasteiger partial charge on any atom is 0.418 e. The molecule has 1 heterocycles. The predicted octanol–water partition coefficient (Wildman–Crippen LogP) is 5.07. The summed E-state index contributed by atoms with van der Waals surface area (Å²) in [5.74, 6) is 0.470. The van der Waals surface area contributed by atoms with Crippen molar-refractivity contribution in [2.24, 2.45) is 0 Å². The third-order valence-corrected chi connectivity index (χ3v) is 2.17. The number of aryl methyl sites for hydroxylation is 2. The van der Waals surface area contributed by atoms with Crippen molar-refractivity contribution in [3.05, 3.63) is 22.9 Å². The lowest BCUT2D eigenvalue weighted by Gasteiger charge is -2.15. The molecular formula is C14H25F3N2. The molecule has 0 radical (unpaired) electrons. The summed E-state index contributed by atoms with van der Waals surface area (Å²) in [6, 6.07) is 1.40. The highest BCUT2D eigenvalue weighted by Crippen LogP contribution is 2.34. The number of anilines is 1. The summed E-state index contributed by atoms with van der Waals surface area (Å²) in [6.45, 7) is 11.1. The summed E-state index contributed by atoms with van der Waals surface area (Å²) in [5.41, 5.74) is -0.311. The Hall–Kier alpha value is -1.26. The molecule has 19 heavy (non-hydrogen) atoms. The van der Waals surface area contributed by atoms with Crippen LogP contribution in [0.1, 0.15) is 51.4 Å². The summed E-state index contributed by atoms with van der Waals surface area (Å²) in [7, 11) is 1.63. The molecule has 5 heteroatoms. The van der Waals surface area contributed by atoms with E-state index in [1.54, 1.807) is 14.0 Å². The van der Waals surface area contributed by atoms with Gasteiger partial charge in [-0.3, -0.25) is 0 Å². The second kappa shape index (κ2) is 9.64. The van der Waals surface area contributed by atoms with E-state index in [0.717, 1.165) is 0 Å². The van der Waals surface area contributed by atoms with Crippen molar-refractivity contribution in [1.29, 1.82) is 0 Å². The maximum absolute atomic E-state index is 12.7. The Balaban J connectivity index is 0. The van der Waals surface area contributed by atoms with Crippen LogP contribution in [-0.2, 0) is 12.6 Å². The first-order valence-corrected chi connectivity index (χ1v) is 6.65. The van der Waals surface area contributed by atoms with E-state index in [2.05, 4.69) is 10.3 Å². The minimum Gasteiger partial charge on any atom is -0.373 e. The van der Waals surface area contributed by atoms with Gasteiger partial charge in [-0.25, -0.2) is 4.98 Å². The van der Waals surface area contributed by atoms with E-state index < -0.39 is 11.7 Å². The summed E-state index contributed by atoms with van der Waals surface area (Å²) in [4.78, 5) is 3.91. The largest absolute Gasteiger partial charge is 0.418 e. The lowest BCUT2D eigenvalue weighted by Crippen LogP contribution is -2.14. The van der Waals surface area contributed by atoms with E-state index in [1.165, 1.54) is 13.0 Å². The third kappa shape index (κ3) is 5.94. The number of nitrogens with zero attached hydrogens (tertiary/aromatic N) is 1. The number of hydrogen-bond acceptors (Lipinski definition) is 2. The minimum atomic E-state index is -4.32. The molecule has 1 N–H and O–H groups in total. The predicted molar refractivity (Wildman–Crippen MR) is 75.6 cm³/mol. The van der Waals surface area contributed by atoms with Crippen LogP contribution < -0.4 is 5.32 Å². The van der Waals surface area contributed by atoms with Crippen LogP contribution in [0.3, 0.4) is 0 Å². The van der Waals surface area contributed by atoms with Crippen LogP contribution in [0.25, 0.3) is 0 Å². The van der Waals surface area contributed by atoms with E-state index in [-0.39, 0.29) is 17.7 Å². The number of alkyl halides is 3. The van der Waals surface area contributed by atoms with Gasteiger partial charge < -0.3 is 5.32 Å². The highest BCUT2D eigenvalue weighted by atomic mass is 19.4. The Morgan fingerprint density at radius 3 is 1.95 bits per heavy atom. The van der Waals surface area contributed by atoms with Gasteiger partial charge in [-0.05, 0) is 25.0 Å². The van der Waals surface area contributed by atoms with Gasteiger partial charge in [-0.15, -0.1) is 0 Å². The van der Waals surface area contributed by atoms with Gasteiger partial charge in [0, 0.05) is 7.05 Å². The van der Waals surface area contributed by atoms with Crippen LogP contribution in [0.2, 0.25) is 0 Å². The van der Waals surface area contributed by atoms with E-state index in [1.807, 2.05) is 27.7 Å². The molecule has 1 aromatic rings. The van der Waals surface area contributed by atoms with Crippen LogP contribution in [0.5, 0.6) is 0 Å². The van der Waals surface area contributed by atoms with Crippen LogP contribution in [-0.4, -0.2) is 12.0 Å². The lowest BCUT2D eigenvalue weighted by molar-refractivity contribution is -0.138. The first kappa shape index (κ1) is 20.1. The quantitative estimate of drug-likeness (QED) is 0.817. The molecule has 0 aliphatic heterocycles. The zero-order valence-electron chi connectivity index (χ0n) is 12.9. The number of halogens is 3. The van der Waals surface area contributed by atoms with Crippen molar-refractivity contribution in [3.8, 4) is 0 Å². The van der Waals surface area contributed by atoms with Crippen molar-refractivity contribution in [2.75, 3.05) is 12.4 Å². The van der Waals surface area contributed by atoms with Gasteiger partial charge in [0.05, 0.1) is 11.3 Å². The van der Waals surface area contributed by atoms with Gasteiger partial charge in [-0.1, -0.05) is 34.6 Å². The van der Waals surface area contributed by atoms with E-state index >= 15 is 0 Å². The average molecular weight is 278 g/mol. The monoisotopic (exact) mass is 278 g/mol. The molecule has 0 fully saturated rings. The van der Waals surface area contributed by atoms with E-state index in [0.29, 0.717) is 5.82 Å². The number of aromatic nitrogens is 1. The van der Waals surface area contributed by atoms with Crippen LogP contribution in [0.4, 0.5) is 19.0 Å². The Labute approximate surface area is 114 Å². The molecule has 1 aromatic heterocycles. The maximum atomic E-state index is 12.7. The molecule has 0 saturated heterocycles. The van der Waals surface area contributed by atoms with Crippen LogP contribution >= 0.6 is 0 Å². The fourth-order valence-corrected chi connectivity index (χ4v) is 1.51. The van der Waals surface area contributed by atoms with Gasteiger partial charge in [-0.2, -0.15) is 13.2 Å². The van der Waals surface area contributed by atoms with E-state index in [4.69, 9.17) is 0 Å². The van der Waals surface area contributed by atoms with Gasteiger partial charge in [0.2, 0.25) is 0 Å². The molecule has 2 nitrogen and oxygen atoms in total. The molecular weight excluding hydrogens is 253 g/mol. The molecule has 0 spiro atoms. The number of hydrogen-bond donors (Lipinski definition) is 1. The lowest BCUT2D eigenvalue weighted by atomic mass is 10.1. The fraction of sp³-hybridized carbons (Fsp3) is 0.643. The molecule has 0 aliphatic rings. The Morgan fingerprint density at radius 2 is 1.63 bits per heavy atom. The van der Waals surface area contributed by atoms with Gasteiger partial charge in [0.15, 0.2) is 0 Å². The molecule has 0 aromatic carbocycles. The molecule has 0 bridgehead atoms. The zero-order valence-corrected chi connectivity index (χ0v) is 12.9. The van der Waals surface area contributed by atoms with Crippen LogP contribution in [0, 0.1) is 6.92 Å².